The van der Waals surface area contributed by atoms with Gasteiger partial charge >= 0.3 is 0 Å². The smallest absolute Gasteiger partial charge is 0.264 e. The Balaban J connectivity index is 1.39. The van der Waals surface area contributed by atoms with Crippen molar-refractivity contribution < 1.29 is 9.53 Å². The second-order valence-electron chi connectivity index (χ2n) is 8.25. The van der Waals surface area contributed by atoms with Crippen molar-refractivity contribution in [1.29, 1.82) is 5.26 Å². The topological polar surface area (TPSA) is 56.6 Å². The Hall–Kier alpha value is -3.56. The molecular weight excluding hydrogens is 490 g/mol. The number of piperazine rings is 1. The van der Waals surface area contributed by atoms with Gasteiger partial charge in [-0.25, -0.2) is 0 Å². The zero-order chi connectivity index (χ0) is 23.9. The summed E-state index contributed by atoms with van der Waals surface area (Å²) in [7, 11) is 0. The number of amides is 1. The summed E-state index contributed by atoms with van der Waals surface area (Å²) in [6, 6.07) is 26.0. The third-order valence-electron chi connectivity index (χ3n) is 5.78. The third kappa shape index (κ3) is 5.86. The van der Waals surface area contributed by atoms with E-state index in [-0.39, 0.29) is 11.5 Å². The Bertz CT molecular complexity index is 1230. The molecule has 5 nitrogen and oxygen atoms in total. The third-order valence-corrected chi connectivity index (χ3v) is 6.40. The van der Waals surface area contributed by atoms with Gasteiger partial charge in [0.1, 0.15) is 24.0 Å². The van der Waals surface area contributed by atoms with Crippen LogP contribution in [-0.2, 0) is 11.4 Å². The molecule has 0 aliphatic carbocycles. The second-order valence-corrected chi connectivity index (χ2v) is 9.11. The molecule has 1 aliphatic heterocycles. The van der Waals surface area contributed by atoms with E-state index in [1.54, 1.807) is 11.0 Å². The fourth-order valence-electron chi connectivity index (χ4n) is 3.97. The highest BCUT2D eigenvalue weighted by atomic mass is 79.9. The summed E-state index contributed by atoms with van der Waals surface area (Å²) in [5, 5.41) is 9.66. The van der Waals surface area contributed by atoms with E-state index in [4.69, 9.17) is 4.74 Å². The van der Waals surface area contributed by atoms with Gasteiger partial charge in [-0.15, -0.1) is 0 Å². The van der Waals surface area contributed by atoms with E-state index in [0.29, 0.717) is 25.4 Å². The van der Waals surface area contributed by atoms with E-state index < -0.39 is 0 Å². The summed E-state index contributed by atoms with van der Waals surface area (Å²) in [6.07, 6.45) is 1.64. The molecule has 0 saturated carbocycles. The van der Waals surface area contributed by atoms with Crippen molar-refractivity contribution in [2.45, 2.75) is 13.5 Å². The largest absolute Gasteiger partial charge is 0.488 e. The van der Waals surface area contributed by atoms with Crippen molar-refractivity contribution in [1.82, 2.24) is 4.90 Å². The van der Waals surface area contributed by atoms with Gasteiger partial charge in [-0.2, -0.15) is 5.26 Å². The minimum atomic E-state index is -0.230. The number of para-hydroxylation sites is 1. The first-order chi connectivity index (χ1) is 16.5. The van der Waals surface area contributed by atoms with Gasteiger partial charge in [0.15, 0.2) is 0 Å². The number of carbonyl (C=O) groups is 1. The van der Waals surface area contributed by atoms with Crippen LogP contribution in [0, 0.1) is 18.3 Å². The molecule has 0 aromatic heterocycles. The first-order valence-corrected chi connectivity index (χ1v) is 12.0. The summed E-state index contributed by atoms with van der Waals surface area (Å²) in [4.78, 5) is 17.0. The van der Waals surface area contributed by atoms with Crippen LogP contribution >= 0.6 is 15.9 Å². The lowest BCUT2D eigenvalue weighted by molar-refractivity contribution is -0.126. The van der Waals surface area contributed by atoms with Gasteiger partial charge in [-0.3, -0.25) is 4.79 Å². The molecule has 3 aromatic carbocycles. The van der Waals surface area contributed by atoms with Crippen molar-refractivity contribution in [3.8, 4) is 11.8 Å². The van der Waals surface area contributed by atoms with Gasteiger partial charge in [0.2, 0.25) is 0 Å². The predicted molar refractivity (Wildman–Crippen MR) is 138 cm³/mol. The van der Waals surface area contributed by atoms with Gasteiger partial charge in [0, 0.05) is 31.9 Å². The predicted octanol–water partition coefficient (Wildman–Crippen LogP) is 5.59. The number of hydrogen-bond donors (Lipinski definition) is 0. The van der Waals surface area contributed by atoms with E-state index in [1.165, 1.54) is 5.56 Å². The maximum atomic E-state index is 13.0. The molecule has 0 radical (unpaired) electrons. The SMILES string of the molecule is Cc1cccc(COc2ccc(/C=C(/C#N)C(=O)N3CCN(c4ccccc4)CC3)cc2Br)c1. The molecule has 1 aliphatic rings. The zero-order valence-corrected chi connectivity index (χ0v) is 20.7. The molecule has 0 unspecified atom stereocenters. The number of anilines is 1. The molecule has 172 valence electrons. The Morgan fingerprint density at radius 2 is 1.79 bits per heavy atom. The summed E-state index contributed by atoms with van der Waals surface area (Å²) >= 11 is 3.55. The average molecular weight is 516 g/mol. The van der Waals surface area contributed by atoms with Crippen molar-refractivity contribution >= 4 is 33.6 Å². The molecule has 1 amide bonds. The summed E-state index contributed by atoms with van der Waals surface area (Å²) in [5.74, 6) is 0.478. The molecule has 3 aromatic rings. The first kappa shape index (κ1) is 23.6. The van der Waals surface area contributed by atoms with E-state index in [9.17, 15) is 10.1 Å². The van der Waals surface area contributed by atoms with Gasteiger partial charge in [0.05, 0.1) is 4.47 Å². The maximum absolute atomic E-state index is 13.0. The van der Waals surface area contributed by atoms with Crippen LogP contribution in [0.3, 0.4) is 0 Å². The highest BCUT2D eigenvalue weighted by Crippen LogP contribution is 2.28. The molecular formula is C28H26BrN3O2. The van der Waals surface area contributed by atoms with Crippen LogP contribution in [0.1, 0.15) is 16.7 Å². The van der Waals surface area contributed by atoms with E-state index in [1.807, 2.05) is 48.5 Å². The molecule has 1 heterocycles. The molecule has 0 spiro atoms. The fraction of sp³-hybridized carbons (Fsp3) is 0.214. The maximum Gasteiger partial charge on any atom is 0.264 e. The molecule has 0 N–H and O–H groups in total. The Morgan fingerprint density at radius 3 is 2.47 bits per heavy atom. The molecule has 4 rings (SSSR count). The lowest BCUT2D eigenvalue weighted by atomic mass is 10.1. The molecule has 34 heavy (non-hydrogen) atoms. The minimum Gasteiger partial charge on any atom is -0.488 e. The Kier molecular flexibility index (Phi) is 7.66. The van der Waals surface area contributed by atoms with Crippen LogP contribution in [-0.4, -0.2) is 37.0 Å². The second kappa shape index (κ2) is 11.0. The number of nitrogens with zero attached hydrogens (tertiary/aromatic N) is 3. The van der Waals surface area contributed by atoms with Crippen LogP contribution < -0.4 is 9.64 Å². The standard InChI is InChI=1S/C28H26BrN3O2/c1-21-6-5-7-23(16-21)20-34-27-11-10-22(18-26(27)29)17-24(19-30)28(33)32-14-12-31(13-15-32)25-8-3-2-4-9-25/h2-11,16-18H,12-15,20H2,1H3/b24-17-. The van der Waals surface area contributed by atoms with Gasteiger partial charge in [-0.05, 0) is 64.3 Å². The van der Waals surface area contributed by atoms with Crippen LogP contribution in [0.4, 0.5) is 5.69 Å². The molecule has 1 saturated heterocycles. The van der Waals surface area contributed by atoms with Crippen molar-refractivity contribution in [2.24, 2.45) is 0 Å². The van der Waals surface area contributed by atoms with E-state index >= 15 is 0 Å². The van der Waals surface area contributed by atoms with Crippen LogP contribution in [0.5, 0.6) is 5.75 Å². The molecule has 6 heteroatoms. The van der Waals surface area contributed by atoms with Gasteiger partial charge in [-0.1, -0.05) is 54.1 Å². The lowest BCUT2D eigenvalue weighted by Crippen LogP contribution is -2.49. The summed E-state index contributed by atoms with van der Waals surface area (Å²) < 4.78 is 6.71. The van der Waals surface area contributed by atoms with Crippen molar-refractivity contribution in [2.75, 3.05) is 31.1 Å². The molecule has 0 bridgehead atoms. The Morgan fingerprint density at radius 1 is 1.03 bits per heavy atom. The number of aryl methyl sites for hydroxylation is 1. The molecule has 0 atom stereocenters. The quantitative estimate of drug-likeness (QED) is 0.317. The summed E-state index contributed by atoms with van der Waals surface area (Å²) in [5.41, 5.74) is 4.34. The first-order valence-electron chi connectivity index (χ1n) is 11.2. The van der Waals surface area contributed by atoms with Gasteiger partial charge in [0.25, 0.3) is 5.91 Å². The van der Waals surface area contributed by atoms with Crippen molar-refractivity contribution in [3.05, 3.63) is 99.5 Å². The number of hydrogen-bond acceptors (Lipinski definition) is 4. The lowest BCUT2D eigenvalue weighted by Gasteiger charge is -2.36. The monoisotopic (exact) mass is 515 g/mol. The number of nitriles is 1. The van der Waals surface area contributed by atoms with Crippen molar-refractivity contribution in [3.63, 3.8) is 0 Å². The number of benzene rings is 3. The van der Waals surface area contributed by atoms with Gasteiger partial charge < -0.3 is 14.5 Å². The summed E-state index contributed by atoms with van der Waals surface area (Å²) in [6.45, 7) is 5.18. The Labute approximate surface area is 209 Å². The van der Waals surface area contributed by atoms with Crippen LogP contribution in [0.2, 0.25) is 0 Å². The minimum absolute atomic E-state index is 0.133. The van der Waals surface area contributed by atoms with Crippen LogP contribution in [0.15, 0.2) is 82.8 Å². The number of halogens is 1. The normalized spacial score (nSPS) is 14.0. The fourth-order valence-corrected chi connectivity index (χ4v) is 4.48. The van der Waals surface area contributed by atoms with E-state index in [2.05, 4.69) is 58.1 Å². The van der Waals surface area contributed by atoms with Crippen LogP contribution in [0.25, 0.3) is 6.08 Å². The number of ether oxygens (including phenoxy) is 1. The zero-order valence-electron chi connectivity index (χ0n) is 19.1. The molecule has 1 fully saturated rings. The highest BCUT2D eigenvalue weighted by molar-refractivity contribution is 9.10. The number of rotatable bonds is 6. The number of carbonyl (C=O) groups excluding carboxylic acids is 1. The average Bonchev–Trinajstić information content (AvgIpc) is 2.87. The highest BCUT2D eigenvalue weighted by Gasteiger charge is 2.24. The van der Waals surface area contributed by atoms with E-state index in [0.717, 1.165) is 34.4 Å².